The van der Waals surface area contributed by atoms with Gasteiger partial charge in [-0.25, -0.2) is 4.39 Å². The Hall–Kier alpha value is -1.03. The zero-order valence-corrected chi connectivity index (χ0v) is 12.8. The molecule has 2 aromatic carbocycles. The Balaban J connectivity index is 2.26. The summed E-state index contributed by atoms with van der Waals surface area (Å²) in [4.78, 5) is 1.95. The Bertz CT molecular complexity index is 588. The first-order chi connectivity index (χ1) is 9.58. The Kier molecular flexibility index (Phi) is 5.46. The average Bonchev–Trinajstić information content (AvgIpc) is 2.42. The highest BCUT2D eigenvalue weighted by atomic mass is 35.5. The lowest BCUT2D eigenvalue weighted by Crippen LogP contribution is -2.21. The van der Waals surface area contributed by atoms with Crippen molar-refractivity contribution < 1.29 is 4.39 Å². The normalized spacial score (nSPS) is 12.4. The molecule has 2 rings (SSSR count). The van der Waals surface area contributed by atoms with Gasteiger partial charge in [0, 0.05) is 20.9 Å². The van der Waals surface area contributed by atoms with Crippen LogP contribution in [-0.2, 0) is 6.42 Å². The lowest BCUT2D eigenvalue weighted by atomic mass is 10.0. The smallest absolute Gasteiger partial charge is 0.124 e. The van der Waals surface area contributed by atoms with E-state index in [4.69, 9.17) is 17.3 Å². The van der Waals surface area contributed by atoms with Gasteiger partial charge in [0.15, 0.2) is 0 Å². The second-order valence-electron chi connectivity index (χ2n) is 4.68. The van der Waals surface area contributed by atoms with E-state index in [0.29, 0.717) is 5.02 Å². The molecular formula is C16H17ClFNS. The van der Waals surface area contributed by atoms with Gasteiger partial charge >= 0.3 is 0 Å². The minimum absolute atomic E-state index is 0.111. The number of nitrogens with two attached hydrogens (primary N) is 1. The van der Waals surface area contributed by atoms with Crippen LogP contribution in [0.3, 0.4) is 0 Å². The van der Waals surface area contributed by atoms with Crippen molar-refractivity contribution in [2.75, 3.05) is 0 Å². The zero-order chi connectivity index (χ0) is 14.5. The summed E-state index contributed by atoms with van der Waals surface area (Å²) in [7, 11) is 0. The third-order valence-electron chi connectivity index (χ3n) is 3.05. The fourth-order valence-electron chi connectivity index (χ4n) is 1.89. The number of halogens is 2. The fourth-order valence-corrected chi connectivity index (χ4v) is 3.07. The van der Waals surface area contributed by atoms with Gasteiger partial charge in [-0.3, -0.25) is 0 Å². The molecule has 1 unspecified atom stereocenters. The standard InChI is InChI=1S/C16H17ClFNS/c1-2-14(19)9-11-8-12(17)6-7-16(11)20-15-5-3-4-13(18)10-15/h3-8,10,14H,2,9,19H2,1H3. The van der Waals surface area contributed by atoms with E-state index in [2.05, 4.69) is 6.92 Å². The van der Waals surface area contributed by atoms with Gasteiger partial charge in [-0.15, -0.1) is 0 Å². The molecule has 4 heteroatoms. The summed E-state index contributed by atoms with van der Waals surface area (Å²) in [6.07, 6.45) is 1.69. The van der Waals surface area contributed by atoms with Crippen LogP contribution in [0, 0.1) is 5.82 Å². The second kappa shape index (κ2) is 7.11. The summed E-state index contributed by atoms with van der Waals surface area (Å²) in [5.74, 6) is -0.226. The zero-order valence-electron chi connectivity index (χ0n) is 11.3. The predicted octanol–water partition coefficient (Wildman–Crippen LogP) is 4.91. The van der Waals surface area contributed by atoms with Crippen molar-refractivity contribution in [2.24, 2.45) is 5.73 Å². The molecule has 2 N–H and O–H groups in total. The van der Waals surface area contributed by atoms with E-state index in [-0.39, 0.29) is 11.9 Å². The van der Waals surface area contributed by atoms with Crippen LogP contribution in [0.5, 0.6) is 0 Å². The van der Waals surface area contributed by atoms with Gasteiger partial charge in [-0.1, -0.05) is 36.4 Å². The highest BCUT2D eigenvalue weighted by molar-refractivity contribution is 7.99. The summed E-state index contributed by atoms with van der Waals surface area (Å²) < 4.78 is 13.2. The van der Waals surface area contributed by atoms with Gasteiger partial charge in [-0.2, -0.15) is 0 Å². The van der Waals surface area contributed by atoms with E-state index in [0.717, 1.165) is 28.2 Å². The minimum atomic E-state index is -0.226. The third kappa shape index (κ3) is 4.23. The molecule has 0 fully saturated rings. The van der Waals surface area contributed by atoms with Crippen LogP contribution in [0.15, 0.2) is 52.3 Å². The van der Waals surface area contributed by atoms with Crippen LogP contribution >= 0.6 is 23.4 Å². The molecule has 0 spiro atoms. The maximum Gasteiger partial charge on any atom is 0.124 e. The largest absolute Gasteiger partial charge is 0.327 e. The molecular weight excluding hydrogens is 293 g/mol. The second-order valence-corrected chi connectivity index (χ2v) is 6.24. The Morgan fingerprint density at radius 3 is 2.75 bits per heavy atom. The first-order valence-electron chi connectivity index (χ1n) is 6.56. The highest BCUT2D eigenvalue weighted by Crippen LogP contribution is 2.33. The third-order valence-corrected chi connectivity index (χ3v) is 4.40. The Morgan fingerprint density at radius 1 is 1.25 bits per heavy atom. The van der Waals surface area contributed by atoms with E-state index >= 15 is 0 Å². The maximum absolute atomic E-state index is 13.2. The molecule has 0 heterocycles. The maximum atomic E-state index is 13.2. The molecule has 2 aromatic rings. The van der Waals surface area contributed by atoms with Gasteiger partial charge in [-0.05, 0) is 54.8 Å². The fraction of sp³-hybridized carbons (Fsp3) is 0.250. The van der Waals surface area contributed by atoms with Crippen LogP contribution in [-0.4, -0.2) is 6.04 Å². The summed E-state index contributed by atoms with van der Waals surface area (Å²) in [6.45, 7) is 2.06. The summed E-state index contributed by atoms with van der Waals surface area (Å²) in [5.41, 5.74) is 7.14. The molecule has 0 saturated carbocycles. The van der Waals surface area contributed by atoms with Crippen molar-refractivity contribution in [3.63, 3.8) is 0 Å². The van der Waals surface area contributed by atoms with Crippen molar-refractivity contribution in [3.05, 3.63) is 58.9 Å². The minimum Gasteiger partial charge on any atom is -0.327 e. The van der Waals surface area contributed by atoms with E-state index in [1.165, 1.54) is 23.9 Å². The van der Waals surface area contributed by atoms with Gasteiger partial charge in [0.05, 0.1) is 0 Å². The summed E-state index contributed by atoms with van der Waals surface area (Å²) in [6, 6.07) is 12.5. The summed E-state index contributed by atoms with van der Waals surface area (Å²) >= 11 is 7.60. The van der Waals surface area contributed by atoms with Gasteiger partial charge in [0.1, 0.15) is 5.82 Å². The number of benzene rings is 2. The molecule has 20 heavy (non-hydrogen) atoms. The number of hydrogen-bond donors (Lipinski definition) is 1. The lowest BCUT2D eigenvalue weighted by Gasteiger charge is -2.13. The SMILES string of the molecule is CCC(N)Cc1cc(Cl)ccc1Sc1cccc(F)c1. The first-order valence-corrected chi connectivity index (χ1v) is 7.75. The first kappa shape index (κ1) is 15.4. The van der Waals surface area contributed by atoms with E-state index < -0.39 is 0 Å². The van der Waals surface area contributed by atoms with Gasteiger partial charge in [0.2, 0.25) is 0 Å². The van der Waals surface area contributed by atoms with E-state index in [1.807, 2.05) is 24.3 Å². The topological polar surface area (TPSA) is 26.0 Å². The van der Waals surface area contributed by atoms with Crippen LogP contribution in [0.25, 0.3) is 0 Å². The molecule has 0 aliphatic heterocycles. The van der Waals surface area contributed by atoms with Crippen LogP contribution in [0.2, 0.25) is 5.02 Å². The molecule has 0 radical (unpaired) electrons. The average molecular weight is 310 g/mol. The van der Waals surface area contributed by atoms with Crippen molar-refractivity contribution >= 4 is 23.4 Å². The number of rotatable bonds is 5. The predicted molar refractivity (Wildman–Crippen MR) is 83.9 cm³/mol. The van der Waals surface area contributed by atoms with Crippen molar-refractivity contribution in [3.8, 4) is 0 Å². The molecule has 0 aliphatic carbocycles. The molecule has 0 bridgehead atoms. The molecule has 1 atom stereocenters. The molecule has 0 saturated heterocycles. The monoisotopic (exact) mass is 309 g/mol. The molecule has 0 aliphatic rings. The number of hydrogen-bond acceptors (Lipinski definition) is 2. The molecule has 106 valence electrons. The molecule has 1 nitrogen and oxygen atoms in total. The van der Waals surface area contributed by atoms with Crippen LogP contribution < -0.4 is 5.73 Å². The van der Waals surface area contributed by atoms with Gasteiger partial charge < -0.3 is 5.73 Å². The Morgan fingerprint density at radius 2 is 2.05 bits per heavy atom. The van der Waals surface area contributed by atoms with Crippen molar-refractivity contribution in [1.29, 1.82) is 0 Å². The Labute approximate surface area is 128 Å². The molecule has 0 aromatic heterocycles. The quantitative estimate of drug-likeness (QED) is 0.849. The van der Waals surface area contributed by atoms with Crippen molar-refractivity contribution in [1.82, 2.24) is 0 Å². The molecule has 0 amide bonds. The summed E-state index contributed by atoms with van der Waals surface area (Å²) in [5, 5.41) is 0.701. The van der Waals surface area contributed by atoms with Crippen LogP contribution in [0.4, 0.5) is 4.39 Å². The van der Waals surface area contributed by atoms with Crippen LogP contribution in [0.1, 0.15) is 18.9 Å². The lowest BCUT2D eigenvalue weighted by molar-refractivity contribution is 0.624. The van der Waals surface area contributed by atoms with E-state index in [9.17, 15) is 4.39 Å². The highest BCUT2D eigenvalue weighted by Gasteiger charge is 2.09. The van der Waals surface area contributed by atoms with Crippen molar-refractivity contribution in [2.45, 2.75) is 35.6 Å². The van der Waals surface area contributed by atoms with E-state index in [1.54, 1.807) is 6.07 Å². The van der Waals surface area contributed by atoms with Gasteiger partial charge in [0.25, 0.3) is 0 Å².